The number of anilines is 1. The fourth-order valence-corrected chi connectivity index (χ4v) is 2.52. The van der Waals surface area contributed by atoms with Crippen LogP contribution < -0.4 is 10.2 Å². The predicted octanol–water partition coefficient (Wildman–Crippen LogP) is 2.33. The van der Waals surface area contributed by atoms with Gasteiger partial charge in [0.1, 0.15) is 0 Å². The van der Waals surface area contributed by atoms with Crippen molar-refractivity contribution in [3.8, 4) is 0 Å². The summed E-state index contributed by atoms with van der Waals surface area (Å²) >= 11 is 0. The molecule has 1 aliphatic rings. The van der Waals surface area contributed by atoms with Crippen LogP contribution in [0.25, 0.3) is 0 Å². The van der Waals surface area contributed by atoms with Gasteiger partial charge in [-0.1, -0.05) is 17.7 Å². The molecule has 18 heavy (non-hydrogen) atoms. The number of hydrogen-bond donors (Lipinski definition) is 1. The van der Waals surface area contributed by atoms with Crippen LogP contribution in [0.15, 0.2) is 18.2 Å². The van der Waals surface area contributed by atoms with Crippen molar-refractivity contribution in [3.05, 3.63) is 29.3 Å². The van der Waals surface area contributed by atoms with Gasteiger partial charge in [-0.2, -0.15) is 0 Å². The van der Waals surface area contributed by atoms with E-state index in [2.05, 4.69) is 35.3 Å². The summed E-state index contributed by atoms with van der Waals surface area (Å²) in [6.45, 7) is 7.17. The van der Waals surface area contributed by atoms with Crippen molar-refractivity contribution in [3.63, 3.8) is 0 Å². The number of aryl methyl sites for hydroxylation is 1. The van der Waals surface area contributed by atoms with Crippen molar-refractivity contribution in [1.82, 2.24) is 5.32 Å². The molecule has 1 saturated heterocycles. The van der Waals surface area contributed by atoms with E-state index in [1.54, 1.807) is 7.11 Å². The van der Waals surface area contributed by atoms with Gasteiger partial charge in [-0.15, -0.1) is 0 Å². The number of nitrogens with zero attached hydrogens (tertiary/aromatic N) is 1. The number of hydrogen-bond acceptors (Lipinski definition) is 3. The van der Waals surface area contributed by atoms with Crippen molar-refractivity contribution in [2.24, 2.45) is 0 Å². The molecule has 1 aromatic carbocycles. The van der Waals surface area contributed by atoms with Crippen molar-refractivity contribution in [2.45, 2.75) is 26.3 Å². The van der Waals surface area contributed by atoms with E-state index in [9.17, 15) is 0 Å². The van der Waals surface area contributed by atoms with Gasteiger partial charge in [0, 0.05) is 39.0 Å². The zero-order valence-corrected chi connectivity index (χ0v) is 11.5. The Hall–Kier alpha value is -1.06. The largest absolute Gasteiger partial charge is 0.383 e. The molecule has 3 heteroatoms. The molecule has 0 unspecified atom stereocenters. The Morgan fingerprint density at radius 3 is 2.78 bits per heavy atom. The first kappa shape index (κ1) is 13.4. The maximum absolute atomic E-state index is 5.06. The Labute approximate surface area is 110 Å². The molecular formula is C15H24N2O. The van der Waals surface area contributed by atoms with E-state index in [4.69, 9.17) is 4.74 Å². The topological polar surface area (TPSA) is 24.5 Å². The van der Waals surface area contributed by atoms with Crippen LogP contribution in [0.1, 0.15) is 24.0 Å². The minimum Gasteiger partial charge on any atom is -0.383 e. The minimum absolute atomic E-state index is 0.769. The lowest BCUT2D eigenvalue weighted by Crippen LogP contribution is -2.23. The Morgan fingerprint density at radius 2 is 2.06 bits per heavy atom. The highest BCUT2D eigenvalue weighted by molar-refractivity contribution is 5.55. The highest BCUT2D eigenvalue weighted by Crippen LogP contribution is 2.25. The smallest absolute Gasteiger partial charge is 0.0587 e. The molecule has 1 aliphatic heterocycles. The average Bonchev–Trinajstić information content (AvgIpc) is 2.88. The lowest BCUT2D eigenvalue weighted by Gasteiger charge is -2.22. The van der Waals surface area contributed by atoms with Gasteiger partial charge in [0.05, 0.1) is 6.61 Å². The van der Waals surface area contributed by atoms with Crippen LogP contribution >= 0.6 is 0 Å². The molecule has 0 aromatic heterocycles. The van der Waals surface area contributed by atoms with Crippen molar-refractivity contribution in [1.29, 1.82) is 0 Å². The summed E-state index contributed by atoms with van der Waals surface area (Å²) in [7, 11) is 1.74. The summed E-state index contributed by atoms with van der Waals surface area (Å²) in [4.78, 5) is 2.51. The SMILES string of the molecule is COCCNCc1cc(C)ccc1N1CCCC1. The summed E-state index contributed by atoms with van der Waals surface area (Å²) in [6, 6.07) is 6.79. The monoisotopic (exact) mass is 248 g/mol. The molecule has 2 rings (SSSR count). The van der Waals surface area contributed by atoms with Crippen LogP contribution in [0.4, 0.5) is 5.69 Å². The number of benzene rings is 1. The Morgan fingerprint density at radius 1 is 1.28 bits per heavy atom. The molecule has 0 radical (unpaired) electrons. The summed E-state index contributed by atoms with van der Waals surface area (Å²) in [5.74, 6) is 0. The molecule has 0 aliphatic carbocycles. The predicted molar refractivity (Wildman–Crippen MR) is 76.2 cm³/mol. The Kier molecular flexibility index (Phi) is 5.02. The van der Waals surface area contributed by atoms with Gasteiger partial charge in [-0.3, -0.25) is 0 Å². The van der Waals surface area contributed by atoms with E-state index in [1.807, 2.05) is 0 Å². The Balaban J connectivity index is 2.03. The standard InChI is InChI=1S/C15H24N2O/c1-13-5-6-15(17-8-3-4-9-17)14(11-13)12-16-7-10-18-2/h5-6,11,16H,3-4,7-10,12H2,1-2H3. The van der Waals surface area contributed by atoms with E-state index in [0.29, 0.717) is 0 Å². The van der Waals surface area contributed by atoms with E-state index >= 15 is 0 Å². The molecule has 0 saturated carbocycles. The third-order valence-corrected chi connectivity index (χ3v) is 3.48. The second-order valence-corrected chi connectivity index (χ2v) is 5.00. The van der Waals surface area contributed by atoms with E-state index < -0.39 is 0 Å². The third-order valence-electron chi connectivity index (χ3n) is 3.48. The molecule has 1 heterocycles. The van der Waals surface area contributed by atoms with Crippen LogP contribution in [0.3, 0.4) is 0 Å². The first-order valence-corrected chi connectivity index (χ1v) is 6.85. The maximum Gasteiger partial charge on any atom is 0.0587 e. The van der Waals surface area contributed by atoms with Gasteiger partial charge >= 0.3 is 0 Å². The molecule has 1 aromatic rings. The van der Waals surface area contributed by atoms with Gasteiger partial charge < -0.3 is 15.0 Å². The van der Waals surface area contributed by atoms with Gasteiger partial charge in [0.15, 0.2) is 0 Å². The first-order valence-electron chi connectivity index (χ1n) is 6.85. The number of methoxy groups -OCH3 is 1. The fraction of sp³-hybridized carbons (Fsp3) is 0.600. The number of nitrogens with one attached hydrogen (secondary N) is 1. The van der Waals surface area contributed by atoms with Gasteiger partial charge in [0.25, 0.3) is 0 Å². The van der Waals surface area contributed by atoms with Crippen LogP contribution in [-0.2, 0) is 11.3 Å². The molecule has 1 N–H and O–H groups in total. The quantitative estimate of drug-likeness (QED) is 0.782. The summed E-state index contributed by atoms with van der Waals surface area (Å²) in [5.41, 5.74) is 4.15. The molecule has 100 valence electrons. The molecular weight excluding hydrogens is 224 g/mol. The lowest BCUT2D eigenvalue weighted by molar-refractivity contribution is 0.199. The van der Waals surface area contributed by atoms with Crippen LogP contribution in [-0.4, -0.2) is 33.4 Å². The summed E-state index contributed by atoms with van der Waals surface area (Å²) in [6.07, 6.45) is 2.65. The molecule has 1 fully saturated rings. The molecule has 0 amide bonds. The van der Waals surface area contributed by atoms with Crippen molar-refractivity contribution >= 4 is 5.69 Å². The summed E-state index contributed by atoms with van der Waals surface area (Å²) in [5, 5.41) is 3.44. The molecule has 0 bridgehead atoms. The normalized spacial score (nSPS) is 15.3. The third kappa shape index (κ3) is 3.47. The van der Waals surface area contributed by atoms with Crippen LogP contribution in [0.5, 0.6) is 0 Å². The highest BCUT2D eigenvalue weighted by atomic mass is 16.5. The van der Waals surface area contributed by atoms with Gasteiger partial charge in [-0.25, -0.2) is 0 Å². The Bertz CT molecular complexity index is 373. The van der Waals surface area contributed by atoms with Gasteiger partial charge in [-0.05, 0) is 31.4 Å². The zero-order valence-electron chi connectivity index (χ0n) is 11.5. The van der Waals surface area contributed by atoms with Gasteiger partial charge in [0.2, 0.25) is 0 Å². The molecule has 0 atom stereocenters. The highest BCUT2D eigenvalue weighted by Gasteiger charge is 2.15. The second-order valence-electron chi connectivity index (χ2n) is 5.00. The lowest BCUT2D eigenvalue weighted by atomic mass is 10.1. The molecule has 3 nitrogen and oxygen atoms in total. The van der Waals surface area contributed by atoms with Crippen molar-refractivity contribution in [2.75, 3.05) is 38.3 Å². The minimum atomic E-state index is 0.769. The summed E-state index contributed by atoms with van der Waals surface area (Å²) < 4.78 is 5.06. The van der Waals surface area contributed by atoms with Crippen LogP contribution in [0.2, 0.25) is 0 Å². The number of ether oxygens (including phenoxy) is 1. The van der Waals surface area contributed by atoms with Crippen molar-refractivity contribution < 1.29 is 4.74 Å². The van der Waals surface area contributed by atoms with E-state index in [1.165, 1.54) is 42.7 Å². The zero-order chi connectivity index (χ0) is 12.8. The number of rotatable bonds is 6. The molecule has 0 spiro atoms. The van der Waals surface area contributed by atoms with Crippen LogP contribution in [0, 0.1) is 6.92 Å². The van der Waals surface area contributed by atoms with E-state index in [-0.39, 0.29) is 0 Å². The fourth-order valence-electron chi connectivity index (χ4n) is 2.52. The average molecular weight is 248 g/mol. The first-order chi connectivity index (χ1) is 8.81. The maximum atomic E-state index is 5.06. The second kappa shape index (κ2) is 6.76. The van der Waals surface area contributed by atoms with E-state index in [0.717, 1.165) is 19.7 Å².